The van der Waals surface area contributed by atoms with Crippen LogP contribution in [-0.4, -0.2) is 0 Å². The lowest BCUT2D eigenvalue weighted by Gasteiger charge is -2.34. The zero-order valence-corrected chi connectivity index (χ0v) is 66.1. The monoisotopic (exact) mass is 1520 g/mol. The van der Waals surface area contributed by atoms with Gasteiger partial charge in [-0.25, -0.2) is 0 Å². The summed E-state index contributed by atoms with van der Waals surface area (Å²) in [5.74, 6) is 0. The van der Waals surface area contributed by atoms with Gasteiger partial charge >= 0.3 is 0 Å². The van der Waals surface area contributed by atoms with Crippen LogP contribution in [0.15, 0.2) is 485 Å². The molecule has 20 aromatic rings. The molecule has 120 heavy (non-hydrogen) atoms. The Kier molecular flexibility index (Phi) is 17.8. The predicted molar refractivity (Wildman–Crippen MR) is 503 cm³/mol. The van der Waals surface area contributed by atoms with E-state index in [0.29, 0.717) is 0 Å². The lowest BCUT2D eigenvalue weighted by atomic mass is 9.68. The maximum Gasteiger partial charge on any atom is 0.0714 e. The standard InChI is InChI=1S/C118H80N2/c1-7-25-81(26-8-1)83-53-57-91(58-54-83)94-63-64-97-79-105(76-70-96(97)77-94)119(113-43-23-41-111-115(113)107-37-19-21-39-109(107)117(111,99-29-11-3-12-30-99)100-31-13-4-14-32-100)103-73-67-90(68-74-103)88-51-49-85(50-52-88)84-45-47-86(48-46-84)87-55-59-92(60-56-87)95-62-61-93-69-75-106(80-98(93)78-95)120(104-71-65-89(66-72-104)82-27-9-2-10-28-82)114-44-24-42-112-116(114)108-38-20-22-40-110(108)118(112,101-33-15-5-16-34-101)102-35-17-6-18-36-102/h1-80H. The second kappa shape index (κ2) is 30.0. The largest absolute Gasteiger partial charge is 0.310 e. The van der Waals surface area contributed by atoms with Gasteiger partial charge in [0.1, 0.15) is 0 Å². The van der Waals surface area contributed by atoms with Crippen LogP contribution in [0.1, 0.15) is 44.5 Å². The number of nitrogens with zero attached hydrogens (tertiary/aromatic N) is 2. The Morgan fingerprint density at radius 1 is 0.142 bits per heavy atom. The van der Waals surface area contributed by atoms with Crippen LogP contribution in [0.5, 0.6) is 0 Å². The Balaban J connectivity index is 0.556. The van der Waals surface area contributed by atoms with Crippen molar-refractivity contribution in [2.75, 3.05) is 9.80 Å². The minimum absolute atomic E-state index is 0.542. The second-order valence-electron chi connectivity index (χ2n) is 31.8. The highest BCUT2D eigenvalue weighted by Gasteiger charge is 2.49. The van der Waals surface area contributed by atoms with Gasteiger partial charge in [-0.3, -0.25) is 0 Å². The molecule has 0 aromatic heterocycles. The third-order valence-electron chi connectivity index (χ3n) is 25.2. The van der Waals surface area contributed by atoms with Crippen LogP contribution < -0.4 is 9.80 Å². The zero-order chi connectivity index (χ0) is 79.5. The van der Waals surface area contributed by atoms with E-state index in [1.54, 1.807) is 0 Å². The van der Waals surface area contributed by atoms with Crippen LogP contribution >= 0.6 is 0 Å². The van der Waals surface area contributed by atoms with Gasteiger partial charge in [-0.1, -0.05) is 413 Å². The average Bonchev–Trinajstić information content (AvgIpc) is 1.53. The highest BCUT2D eigenvalue weighted by molar-refractivity contribution is 6.02. The van der Waals surface area contributed by atoms with Crippen LogP contribution in [0.2, 0.25) is 0 Å². The molecule has 2 aliphatic carbocycles. The highest BCUT2D eigenvalue weighted by Crippen LogP contribution is 2.62. The average molecular weight is 1530 g/mol. The summed E-state index contributed by atoms with van der Waals surface area (Å²) in [5.41, 5.74) is 37.0. The van der Waals surface area contributed by atoms with Crippen molar-refractivity contribution in [3.8, 4) is 100 Å². The number of fused-ring (bicyclic) bond motifs is 8. The minimum atomic E-state index is -0.553. The Morgan fingerprint density at radius 2 is 0.375 bits per heavy atom. The van der Waals surface area contributed by atoms with Gasteiger partial charge in [0.15, 0.2) is 0 Å². The highest BCUT2D eigenvalue weighted by atomic mass is 15.2. The van der Waals surface area contributed by atoms with Crippen molar-refractivity contribution in [3.05, 3.63) is 530 Å². The van der Waals surface area contributed by atoms with E-state index < -0.39 is 10.8 Å². The molecular formula is C118H80N2. The van der Waals surface area contributed by atoms with E-state index >= 15 is 0 Å². The molecule has 2 nitrogen and oxygen atoms in total. The molecule has 562 valence electrons. The maximum atomic E-state index is 2.49. The quantitative estimate of drug-likeness (QED) is 0.0896. The lowest BCUT2D eigenvalue weighted by Crippen LogP contribution is -2.28. The van der Waals surface area contributed by atoms with Crippen LogP contribution in [-0.2, 0) is 10.8 Å². The van der Waals surface area contributed by atoms with Crippen molar-refractivity contribution in [1.82, 2.24) is 0 Å². The summed E-state index contributed by atoms with van der Waals surface area (Å²) in [6.07, 6.45) is 0. The van der Waals surface area contributed by atoms with Gasteiger partial charge in [0.05, 0.1) is 22.2 Å². The molecule has 0 spiro atoms. The molecule has 20 aromatic carbocycles. The molecule has 0 saturated heterocycles. The van der Waals surface area contributed by atoms with E-state index in [-0.39, 0.29) is 0 Å². The molecule has 0 amide bonds. The molecule has 0 bridgehead atoms. The summed E-state index contributed by atoms with van der Waals surface area (Å²) in [6, 6.07) is 180. The molecule has 0 atom stereocenters. The summed E-state index contributed by atoms with van der Waals surface area (Å²) in [7, 11) is 0. The van der Waals surface area contributed by atoms with E-state index in [0.717, 1.165) is 45.3 Å². The maximum absolute atomic E-state index is 2.49. The van der Waals surface area contributed by atoms with E-state index in [4.69, 9.17) is 0 Å². The molecule has 0 fully saturated rings. The lowest BCUT2D eigenvalue weighted by molar-refractivity contribution is 0.768. The predicted octanol–water partition coefficient (Wildman–Crippen LogP) is 31.3. The van der Waals surface area contributed by atoms with E-state index in [1.165, 1.54) is 155 Å². The van der Waals surface area contributed by atoms with Crippen LogP contribution in [0.4, 0.5) is 34.1 Å². The molecule has 2 heteroatoms. The summed E-state index contributed by atoms with van der Waals surface area (Å²) >= 11 is 0. The Bertz CT molecular complexity index is 7090. The first kappa shape index (κ1) is 71.1. The SMILES string of the molecule is c1ccc(-c2ccc(-c3ccc4cc(N(c5ccc(-c6ccc(-c7ccc(-c8ccc(-c9ccc%10ccc(N(c%11ccc(-c%12ccccc%12)cc%11)c%11cccc%12c%11-c%11ccccc%11C%12(c%11ccccc%11)c%11ccccc%11)cc%10c9)cc8)cc7)cc6)cc5)c5cccc6c5-c5ccccc5C6(c5ccccc5)c5ccccc5)ccc4c3)cc2)cc1. The number of anilines is 6. The fourth-order valence-corrected chi connectivity index (χ4v) is 19.6. The minimum Gasteiger partial charge on any atom is -0.310 e. The van der Waals surface area contributed by atoms with Crippen LogP contribution in [0.25, 0.3) is 122 Å². The third kappa shape index (κ3) is 12.2. The van der Waals surface area contributed by atoms with Crippen molar-refractivity contribution in [2.45, 2.75) is 10.8 Å². The van der Waals surface area contributed by atoms with Crippen molar-refractivity contribution >= 4 is 55.7 Å². The van der Waals surface area contributed by atoms with Crippen molar-refractivity contribution in [2.24, 2.45) is 0 Å². The molecular weight excluding hydrogens is 1450 g/mol. The number of hydrogen-bond donors (Lipinski definition) is 0. The zero-order valence-electron chi connectivity index (χ0n) is 66.1. The third-order valence-corrected chi connectivity index (χ3v) is 25.2. The molecule has 0 radical (unpaired) electrons. The van der Waals surface area contributed by atoms with Gasteiger partial charge in [0.25, 0.3) is 0 Å². The fraction of sp³-hybridized carbons (Fsp3) is 0.0169. The van der Waals surface area contributed by atoms with Gasteiger partial charge in [-0.05, 0) is 228 Å². The molecule has 0 saturated carbocycles. The number of benzene rings is 20. The Labute approximate surface area is 701 Å². The normalized spacial score (nSPS) is 12.6. The van der Waals surface area contributed by atoms with E-state index in [2.05, 4.69) is 495 Å². The smallest absolute Gasteiger partial charge is 0.0714 e. The summed E-state index contributed by atoms with van der Waals surface area (Å²) in [5, 5.41) is 4.71. The number of hydrogen-bond acceptors (Lipinski definition) is 2. The molecule has 22 rings (SSSR count). The second-order valence-corrected chi connectivity index (χ2v) is 31.8. The van der Waals surface area contributed by atoms with Gasteiger partial charge in [-0.15, -0.1) is 0 Å². The molecule has 0 aliphatic heterocycles. The molecule has 0 unspecified atom stereocenters. The van der Waals surface area contributed by atoms with Crippen molar-refractivity contribution in [3.63, 3.8) is 0 Å². The van der Waals surface area contributed by atoms with Gasteiger partial charge in [0.2, 0.25) is 0 Å². The topological polar surface area (TPSA) is 6.48 Å². The number of rotatable bonds is 17. The van der Waals surface area contributed by atoms with Crippen molar-refractivity contribution in [1.29, 1.82) is 0 Å². The van der Waals surface area contributed by atoms with Crippen molar-refractivity contribution < 1.29 is 0 Å². The summed E-state index contributed by atoms with van der Waals surface area (Å²) in [6.45, 7) is 0. The van der Waals surface area contributed by atoms with Crippen LogP contribution in [0.3, 0.4) is 0 Å². The Morgan fingerprint density at radius 3 is 0.733 bits per heavy atom. The molecule has 2 aliphatic rings. The molecule has 0 heterocycles. The fourth-order valence-electron chi connectivity index (χ4n) is 19.6. The van der Waals surface area contributed by atoms with E-state index in [1.807, 2.05) is 0 Å². The Hall–Kier alpha value is -15.5. The van der Waals surface area contributed by atoms with Gasteiger partial charge < -0.3 is 9.80 Å². The molecule has 0 N–H and O–H groups in total. The first-order valence-electron chi connectivity index (χ1n) is 41.6. The van der Waals surface area contributed by atoms with Gasteiger partial charge in [-0.2, -0.15) is 0 Å². The van der Waals surface area contributed by atoms with E-state index in [9.17, 15) is 0 Å². The van der Waals surface area contributed by atoms with Crippen LogP contribution in [0, 0.1) is 0 Å². The summed E-state index contributed by atoms with van der Waals surface area (Å²) < 4.78 is 0. The van der Waals surface area contributed by atoms with Gasteiger partial charge in [0, 0.05) is 33.9 Å². The first-order chi connectivity index (χ1) is 59.5. The summed E-state index contributed by atoms with van der Waals surface area (Å²) in [4.78, 5) is 4.97. The first-order valence-corrected chi connectivity index (χ1v) is 41.6.